The van der Waals surface area contributed by atoms with Gasteiger partial charge < -0.3 is 24.0 Å². The second-order valence-electron chi connectivity index (χ2n) is 8.91. The summed E-state index contributed by atoms with van der Waals surface area (Å²) in [6, 6.07) is 6.37. The van der Waals surface area contributed by atoms with Crippen molar-refractivity contribution in [1.82, 2.24) is 9.80 Å². The molecule has 4 rings (SSSR count). The van der Waals surface area contributed by atoms with Gasteiger partial charge in [0.25, 0.3) is 5.91 Å². The van der Waals surface area contributed by atoms with E-state index in [1.807, 2.05) is 23.1 Å². The summed E-state index contributed by atoms with van der Waals surface area (Å²) in [6.45, 7) is 3.65. The van der Waals surface area contributed by atoms with E-state index in [0.29, 0.717) is 17.9 Å². The second kappa shape index (κ2) is 10.0. The zero-order valence-electron chi connectivity index (χ0n) is 18.5. The van der Waals surface area contributed by atoms with Crippen molar-refractivity contribution < 1.29 is 19.0 Å². The molecule has 1 aliphatic carbocycles. The summed E-state index contributed by atoms with van der Waals surface area (Å²) in [6.07, 6.45) is 9.90. The molecule has 166 valence electrons. The van der Waals surface area contributed by atoms with Crippen molar-refractivity contribution in [2.75, 3.05) is 40.4 Å². The zero-order chi connectivity index (χ0) is 20.9. The molecule has 6 heteroatoms. The highest BCUT2D eigenvalue weighted by molar-refractivity contribution is 5.95. The van der Waals surface area contributed by atoms with Crippen molar-refractivity contribution in [3.63, 3.8) is 0 Å². The molecule has 2 saturated heterocycles. The molecule has 0 spiro atoms. The Morgan fingerprint density at radius 3 is 2.37 bits per heavy atom. The number of likely N-dealkylation sites (tertiary alicyclic amines) is 2. The molecular weight excluding hydrogens is 380 g/mol. The SMILES string of the molecule is COc1cc(C(=O)N2CCC[C@H](OC)C2)ccc1OC1CCN(C2CCCC2)CC1. The predicted molar refractivity (Wildman–Crippen MR) is 116 cm³/mol. The lowest BCUT2D eigenvalue weighted by atomic mass is 10.0. The standard InChI is InChI=1S/C24H36N2O4/c1-28-21-8-5-13-26(17-21)24(27)18-9-10-22(23(16-18)29-2)30-20-11-14-25(15-12-20)19-6-3-4-7-19/h9-10,16,19-21H,3-8,11-15,17H2,1-2H3/t21-/m0/s1. The molecule has 0 bridgehead atoms. The maximum Gasteiger partial charge on any atom is 0.254 e. The zero-order valence-corrected chi connectivity index (χ0v) is 18.5. The Hall–Kier alpha value is -1.79. The quantitative estimate of drug-likeness (QED) is 0.707. The lowest BCUT2D eigenvalue weighted by molar-refractivity contribution is 0.0268. The molecule has 30 heavy (non-hydrogen) atoms. The van der Waals surface area contributed by atoms with Gasteiger partial charge in [-0.1, -0.05) is 12.8 Å². The van der Waals surface area contributed by atoms with Crippen molar-refractivity contribution in [3.8, 4) is 11.5 Å². The molecule has 2 heterocycles. The molecule has 6 nitrogen and oxygen atoms in total. The third kappa shape index (κ3) is 4.92. The minimum atomic E-state index is 0.0338. The monoisotopic (exact) mass is 416 g/mol. The normalized spacial score (nSPS) is 24.2. The second-order valence-corrected chi connectivity index (χ2v) is 8.91. The van der Waals surface area contributed by atoms with Crippen LogP contribution in [0.2, 0.25) is 0 Å². The lowest BCUT2D eigenvalue weighted by Crippen LogP contribution is -2.43. The fraction of sp³-hybridized carbons (Fsp3) is 0.708. The maximum absolute atomic E-state index is 13.0. The van der Waals surface area contributed by atoms with E-state index in [0.717, 1.165) is 57.1 Å². The summed E-state index contributed by atoms with van der Waals surface area (Å²) in [4.78, 5) is 17.5. The van der Waals surface area contributed by atoms with Gasteiger partial charge in [-0.25, -0.2) is 0 Å². The van der Waals surface area contributed by atoms with Gasteiger partial charge in [0.1, 0.15) is 6.10 Å². The summed E-state index contributed by atoms with van der Waals surface area (Å²) < 4.78 is 17.3. The Balaban J connectivity index is 1.36. The van der Waals surface area contributed by atoms with Crippen LogP contribution in [0, 0.1) is 0 Å². The van der Waals surface area contributed by atoms with E-state index >= 15 is 0 Å². The number of methoxy groups -OCH3 is 2. The molecule has 0 aromatic heterocycles. The third-order valence-electron chi connectivity index (χ3n) is 7.02. The Labute approximate surface area is 180 Å². The number of amides is 1. The molecule has 1 atom stereocenters. The van der Waals surface area contributed by atoms with E-state index in [9.17, 15) is 4.79 Å². The molecule has 3 fully saturated rings. The van der Waals surface area contributed by atoms with Crippen LogP contribution in [-0.2, 0) is 4.74 Å². The number of rotatable bonds is 6. The van der Waals surface area contributed by atoms with Gasteiger partial charge in [0, 0.05) is 44.9 Å². The first-order chi connectivity index (χ1) is 14.7. The molecule has 0 radical (unpaired) electrons. The lowest BCUT2D eigenvalue weighted by Gasteiger charge is -2.36. The summed E-state index contributed by atoms with van der Waals surface area (Å²) in [5, 5.41) is 0. The molecule has 1 aromatic carbocycles. The van der Waals surface area contributed by atoms with E-state index in [1.54, 1.807) is 14.2 Å². The molecule has 0 unspecified atom stereocenters. The summed E-state index contributed by atoms with van der Waals surface area (Å²) in [7, 11) is 3.35. The van der Waals surface area contributed by atoms with Gasteiger partial charge in [-0.2, -0.15) is 0 Å². The van der Waals surface area contributed by atoms with Crippen LogP contribution < -0.4 is 9.47 Å². The average Bonchev–Trinajstić information content (AvgIpc) is 3.34. The van der Waals surface area contributed by atoms with Gasteiger partial charge in [0.05, 0.1) is 13.2 Å². The van der Waals surface area contributed by atoms with E-state index < -0.39 is 0 Å². The van der Waals surface area contributed by atoms with Crippen LogP contribution in [0.1, 0.15) is 61.7 Å². The topological polar surface area (TPSA) is 51.2 Å². The van der Waals surface area contributed by atoms with Crippen LogP contribution in [0.3, 0.4) is 0 Å². The van der Waals surface area contributed by atoms with Crippen molar-refractivity contribution in [1.29, 1.82) is 0 Å². The first-order valence-corrected chi connectivity index (χ1v) is 11.6. The highest BCUT2D eigenvalue weighted by Gasteiger charge is 2.29. The van der Waals surface area contributed by atoms with Crippen LogP contribution in [0.15, 0.2) is 18.2 Å². The maximum atomic E-state index is 13.0. The third-order valence-corrected chi connectivity index (χ3v) is 7.02. The fourth-order valence-electron chi connectivity index (χ4n) is 5.20. The molecular formula is C24H36N2O4. The number of benzene rings is 1. The molecule has 2 aliphatic heterocycles. The number of piperidine rings is 2. The number of carbonyl (C=O) groups is 1. The first kappa shape index (κ1) is 21.4. The van der Waals surface area contributed by atoms with Crippen molar-refractivity contribution >= 4 is 5.91 Å². The number of carbonyl (C=O) groups excluding carboxylic acids is 1. The van der Waals surface area contributed by atoms with E-state index in [1.165, 1.54) is 25.7 Å². The molecule has 3 aliphatic rings. The van der Waals surface area contributed by atoms with E-state index in [-0.39, 0.29) is 18.1 Å². The van der Waals surface area contributed by atoms with Gasteiger partial charge in [0.2, 0.25) is 0 Å². The Kier molecular flexibility index (Phi) is 7.16. The number of hydrogen-bond acceptors (Lipinski definition) is 5. The molecule has 0 N–H and O–H groups in total. The van der Waals surface area contributed by atoms with Crippen LogP contribution in [0.4, 0.5) is 0 Å². The van der Waals surface area contributed by atoms with Gasteiger partial charge >= 0.3 is 0 Å². The summed E-state index contributed by atoms with van der Waals surface area (Å²) in [5.41, 5.74) is 0.645. The van der Waals surface area contributed by atoms with E-state index in [4.69, 9.17) is 14.2 Å². The smallest absolute Gasteiger partial charge is 0.254 e. The number of nitrogens with zero attached hydrogens (tertiary/aromatic N) is 2. The van der Waals surface area contributed by atoms with Crippen molar-refractivity contribution in [2.45, 2.75) is 69.6 Å². The molecule has 1 saturated carbocycles. The Bertz CT molecular complexity index is 711. The van der Waals surface area contributed by atoms with Gasteiger partial charge in [-0.15, -0.1) is 0 Å². The molecule has 1 aromatic rings. The van der Waals surface area contributed by atoms with Crippen LogP contribution in [-0.4, -0.2) is 74.4 Å². The summed E-state index contributed by atoms with van der Waals surface area (Å²) in [5.74, 6) is 1.41. The average molecular weight is 417 g/mol. The minimum absolute atomic E-state index is 0.0338. The van der Waals surface area contributed by atoms with Gasteiger partial charge in [-0.05, 0) is 56.7 Å². The van der Waals surface area contributed by atoms with Gasteiger partial charge in [-0.3, -0.25) is 4.79 Å². The molecule has 1 amide bonds. The highest BCUT2D eigenvalue weighted by Crippen LogP contribution is 2.32. The number of hydrogen-bond donors (Lipinski definition) is 0. The first-order valence-electron chi connectivity index (χ1n) is 11.6. The minimum Gasteiger partial charge on any atom is -0.493 e. The summed E-state index contributed by atoms with van der Waals surface area (Å²) >= 11 is 0. The number of ether oxygens (including phenoxy) is 3. The van der Waals surface area contributed by atoms with Crippen LogP contribution in [0.25, 0.3) is 0 Å². The van der Waals surface area contributed by atoms with E-state index in [2.05, 4.69) is 4.90 Å². The van der Waals surface area contributed by atoms with Crippen LogP contribution in [0.5, 0.6) is 11.5 Å². The fourth-order valence-corrected chi connectivity index (χ4v) is 5.20. The Morgan fingerprint density at radius 1 is 0.900 bits per heavy atom. The van der Waals surface area contributed by atoms with Crippen LogP contribution >= 0.6 is 0 Å². The van der Waals surface area contributed by atoms with Crippen molar-refractivity contribution in [2.24, 2.45) is 0 Å². The Morgan fingerprint density at radius 2 is 1.67 bits per heavy atom. The predicted octanol–water partition coefficient (Wildman–Crippen LogP) is 3.73. The van der Waals surface area contributed by atoms with Crippen molar-refractivity contribution in [3.05, 3.63) is 23.8 Å². The van der Waals surface area contributed by atoms with Gasteiger partial charge in [0.15, 0.2) is 11.5 Å². The highest BCUT2D eigenvalue weighted by atomic mass is 16.5. The largest absolute Gasteiger partial charge is 0.493 e.